The first kappa shape index (κ1) is 15.7. The van der Waals surface area contributed by atoms with Crippen molar-refractivity contribution in [3.8, 4) is 0 Å². The first-order valence-electron chi connectivity index (χ1n) is 6.10. The molecule has 0 fully saturated rings. The second kappa shape index (κ2) is 6.68. The molecular weight excluding hydrogens is 266 g/mol. The summed E-state index contributed by atoms with van der Waals surface area (Å²) in [5, 5.41) is 8.84. The smallest absolute Gasteiger partial charge is 0.335 e. The highest BCUT2D eigenvalue weighted by atomic mass is 32.2. The molecule has 0 bridgehead atoms. The minimum atomic E-state index is -3.31. The van der Waals surface area contributed by atoms with Crippen LogP contribution in [-0.4, -0.2) is 25.2 Å². The summed E-state index contributed by atoms with van der Waals surface area (Å²) in [4.78, 5) is 10.8. The predicted octanol–water partition coefficient (Wildman–Crippen LogP) is 1.85. The topological polar surface area (TPSA) is 83.5 Å². The number of hydrogen-bond acceptors (Lipinski definition) is 3. The maximum atomic E-state index is 11.7. The van der Waals surface area contributed by atoms with Crippen molar-refractivity contribution in [1.29, 1.82) is 0 Å². The number of sulfonamides is 1. The fourth-order valence-corrected chi connectivity index (χ4v) is 2.78. The van der Waals surface area contributed by atoms with Crippen LogP contribution < -0.4 is 4.72 Å². The van der Waals surface area contributed by atoms with Gasteiger partial charge in [-0.1, -0.05) is 26.0 Å². The lowest BCUT2D eigenvalue weighted by atomic mass is 10.1. The van der Waals surface area contributed by atoms with Crippen LogP contribution in [0.5, 0.6) is 0 Å². The Morgan fingerprint density at radius 1 is 1.37 bits per heavy atom. The van der Waals surface area contributed by atoms with Gasteiger partial charge in [0.1, 0.15) is 0 Å². The van der Waals surface area contributed by atoms with E-state index in [2.05, 4.69) is 4.72 Å². The van der Waals surface area contributed by atoms with Crippen LogP contribution in [0.2, 0.25) is 0 Å². The van der Waals surface area contributed by atoms with Crippen molar-refractivity contribution in [3.05, 3.63) is 35.4 Å². The monoisotopic (exact) mass is 285 g/mol. The Morgan fingerprint density at radius 3 is 2.63 bits per heavy atom. The van der Waals surface area contributed by atoms with E-state index in [1.54, 1.807) is 12.1 Å². The van der Waals surface area contributed by atoms with Crippen molar-refractivity contribution < 1.29 is 18.3 Å². The van der Waals surface area contributed by atoms with Crippen molar-refractivity contribution in [2.75, 3.05) is 5.75 Å². The summed E-state index contributed by atoms with van der Waals surface area (Å²) >= 11 is 0. The summed E-state index contributed by atoms with van der Waals surface area (Å²) in [6.07, 6.45) is 0.602. The molecule has 0 saturated heterocycles. The zero-order valence-electron chi connectivity index (χ0n) is 11.1. The van der Waals surface area contributed by atoms with Gasteiger partial charge in [-0.15, -0.1) is 0 Å². The quantitative estimate of drug-likeness (QED) is 0.801. The molecular formula is C13H19NO4S. The number of aromatic carboxylic acids is 1. The number of hydrogen-bond donors (Lipinski definition) is 2. The van der Waals surface area contributed by atoms with E-state index in [1.807, 2.05) is 13.8 Å². The molecule has 19 heavy (non-hydrogen) atoms. The molecule has 1 rings (SSSR count). The third-order valence-electron chi connectivity index (χ3n) is 2.63. The highest BCUT2D eigenvalue weighted by Crippen LogP contribution is 2.07. The van der Waals surface area contributed by atoms with Crippen molar-refractivity contribution in [1.82, 2.24) is 4.72 Å². The Morgan fingerprint density at radius 2 is 2.05 bits per heavy atom. The van der Waals surface area contributed by atoms with Crippen molar-refractivity contribution in [2.45, 2.75) is 26.8 Å². The van der Waals surface area contributed by atoms with Gasteiger partial charge in [0.25, 0.3) is 0 Å². The number of carboxylic acid groups (broad SMARTS) is 1. The molecule has 0 radical (unpaired) electrons. The van der Waals surface area contributed by atoms with Crippen molar-refractivity contribution in [2.24, 2.45) is 5.92 Å². The van der Waals surface area contributed by atoms with Crippen LogP contribution in [0.3, 0.4) is 0 Å². The summed E-state index contributed by atoms with van der Waals surface area (Å²) in [6.45, 7) is 4.04. The van der Waals surface area contributed by atoms with Crippen LogP contribution in [0.25, 0.3) is 0 Å². The summed E-state index contributed by atoms with van der Waals surface area (Å²) in [7, 11) is -3.31. The molecule has 1 aromatic carbocycles. The highest BCUT2D eigenvalue weighted by molar-refractivity contribution is 7.89. The Kier molecular flexibility index (Phi) is 5.50. The van der Waals surface area contributed by atoms with Crippen molar-refractivity contribution in [3.63, 3.8) is 0 Å². The van der Waals surface area contributed by atoms with E-state index >= 15 is 0 Å². The van der Waals surface area contributed by atoms with Crippen LogP contribution in [0, 0.1) is 5.92 Å². The molecule has 0 aromatic heterocycles. The molecule has 0 unspecified atom stereocenters. The van der Waals surface area contributed by atoms with Gasteiger partial charge in [-0.2, -0.15) is 0 Å². The molecule has 106 valence electrons. The minimum Gasteiger partial charge on any atom is -0.478 e. The van der Waals surface area contributed by atoms with E-state index in [9.17, 15) is 13.2 Å². The zero-order chi connectivity index (χ0) is 14.5. The average molecular weight is 285 g/mol. The van der Waals surface area contributed by atoms with Crippen LogP contribution in [0.1, 0.15) is 36.2 Å². The number of carbonyl (C=O) groups is 1. The van der Waals surface area contributed by atoms with E-state index in [4.69, 9.17) is 5.11 Å². The van der Waals surface area contributed by atoms with E-state index < -0.39 is 16.0 Å². The number of rotatable bonds is 7. The maximum absolute atomic E-state index is 11.7. The Labute approximate surface area is 113 Å². The molecule has 0 heterocycles. The maximum Gasteiger partial charge on any atom is 0.335 e. The molecule has 5 nitrogen and oxygen atoms in total. The SMILES string of the molecule is CC(C)CCS(=O)(=O)NCc1cccc(C(=O)O)c1. The van der Waals surface area contributed by atoms with E-state index in [1.165, 1.54) is 12.1 Å². The molecule has 0 aliphatic carbocycles. The third kappa shape index (κ3) is 5.85. The summed E-state index contributed by atoms with van der Waals surface area (Å²) < 4.78 is 25.9. The highest BCUT2D eigenvalue weighted by Gasteiger charge is 2.11. The lowest BCUT2D eigenvalue weighted by molar-refractivity contribution is 0.0696. The van der Waals surface area contributed by atoms with Crippen LogP contribution in [0.4, 0.5) is 0 Å². The van der Waals surface area contributed by atoms with Crippen LogP contribution >= 0.6 is 0 Å². The van der Waals surface area contributed by atoms with Gasteiger partial charge in [-0.25, -0.2) is 17.9 Å². The van der Waals surface area contributed by atoms with Gasteiger partial charge in [0, 0.05) is 6.54 Å². The lowest BCUT2D eigenvalue weighted by Gasteiger charge is -2.08. The van der Waals surface area contributed by atoms with E-state index in [-0.39, 0.29) is 17.9 Å². The number of benzene rings is 1. The molecule has 0 aliphatic heterocycles. The summed E-state index contributed by atoms with van der Waals surface area (Å²) in [5.41, 5.74) is 0.784. The molecule has 2 N–H and O–H groups in total. The van der Waals surface area contributed by atoms with Gasteiger partial charge >= 0.3 is 5.97 Å². The summed E-state index contributed by atoms with van der Waals surface area (Å²) in [6, 6.07) is 6.23. The van der Waals surface area contributed by atoms with Crippen LogP contribution in [-0.2, 0) is 16.6 Å². The number of carboxylic acids is 1. The fraction of sp³-hybridized carbons (Fsp3) is 0.462. The Bertz CT molecular complexity index is 537. The Balaban J connectivity index is 2.61. The number of nitrogens with one attached hydrogen (secondary N) is 1. The largest absolute Gasteiger partial charge is 0.478 e. The molecule has 0 spiro atoms. The van der Waals surface area contributed by atoms with Gasteiger partial charge in [0.05, 0.1) is 11.3 Å². The molecule has 0 aliphatic rings. The van der Waals surface area contributed by atoms with Gasteiger partial charge in [0.15, 0.2) is 0 Å². The van der Waals surface area contributed by atoms with Gasteiger partial charge in [-0.3, -0.25) is 0 Å². The van der Waals surface area contributed by atoms with Gasteiger partial charge in [0.2, 0.25) is 10.0 Å². The second-order valence-corrected chi connectivity index (χ2v) is 6.75. The predicted molar refractivity (Wildman–Crippen MR) is 73.5 cm³/mol. The first-order chi connectivity index (χ1) is 8.80. The standard InChI is InChI=1S/C13H19NO4S/c1-10(2)6-7-19(17,18)14-9-11-4-3-5-12(8-11)13(15)16/h3-5,8,10,14H,6-7,9H2,1-2H3,(H,15,16). The average Bonchev–Trinajstić information content (AvgIpc) is 2.35. The molecule has 1 aromatic rings. The lowest BCUT2D eigenvalue weighted by Crippen LogP contribution is -2.26. The third-order valence-corrected chi connectivity index (χ3v) is 3.99. The second-order valence-electron chi connectivity index (χ2n) is 4.83. The van der Waals surface area contributed by atoms with E-state index in [0.717, 1.165) is 0 Å². The summed E-state index contributed by atoms with van der Waals surface area (Å²) in [5.74, 6) is -0.611. The van der Waals surface area contributed by atoms with Gasteiger partial charge < -0.3 is 5.11 Å². The fourth-order valence-electron chi connectivity index (χ4n) is 1.47. The van der Waals surface area contributed by atoms with Gasteiger partial charge in [-0.05, 0) is 30.0 Å². The molecule has 0 amide bonds. The van der Waals surface area contributed by atoms with Crippen LogP contribution in [0.15, 0.2) is 24.3 Å². The van der Waals surface area contributed by atoms with E-state index in [0.29, 0.717) is 17.9 Å². The Hall–Kier alpha value is -1.40. The minimum absolute atomic E-state index is 0.0866. The van der Waals surface area contributed by atoms with Crippen molar-refractivity contribution >= 4 is 16.0 Å². The zero-order valence-corrected chi connectivity index (χ0v) is 11.9. The first-order valence-corrected chi connectivity index (χ1v) is 7.75. The normalized spacial score (nSPS) is 11.7. The molecule has 0 atom stereocenters. The molecule has 6 heteroatoms. The molecule has 0 saturated carbocycles.